The number of nitrogens with zero attached hydrogens (tertiary/aromatic N) is 1. The van der Waals surface area contributed by atoms with Crippen LogP contribution in [0.3, 0.4) is 0 Å². The number of H-pyrrole nitrogens is 1. The zero-order valence-corrected chi connectivity index (χ0v) is 13.8. The highest BCUT2D eigenvalue weighted by Crippen LogP contribution is 2.26. The number of ether oxygens (including phenoxy) is 1. The van der Waals surface area contributed by atoms with Crippen LogP contribution in [-0.2, 0) is 20.2 Å². The lowest BCUT2D eigenvalue weighted by molar-refractivity contribution is 0.142. The Hall–Kier alpha value is -2.68. The summed E-state index contributed by atoms with van der Waals surface area (Å²) >= 11 is 0. The van der Waals surface area contributed by atoms with E-state index in [2.05, 4.69) is 9.84 Å². The van der Waals surface area contributed by atoms with E-state index in [1.807, 2.05) is 0 Å². The van der Waals surface area contributed by atoms with Crippen molar-refractivity contribution < 1.29 is 40.6 Å². The van der Waals surface area contributed by atoms with E-state index in [1.165, 1.54) is 0 Å². The molecule has 0 unspecified atom stereocenters. The Morgan fingerprint density at radius 2 is 1.64 bits per heavy atom. The summed E-state index contributed by atoms with van der Waals surface area (Å²) in [5.41, 5.74) is -1.92. The van der Waals surface area contributed by atoms with Crippen LogP contribution in [0.15, 0.2) is 32.8 Å². The molecule has 1 heterocycles. The number of hydrogen-bond acceptors (Lipinski definition) is 7. The molecule has 4 N–H and O–H groups in total. The molecule has 0 fully saturated rings. The van der Waals surface area contributed by atoms with Crippen molar-refractivity contribution in [3.05, 3.63) is 34.1 Å². The third-order valence-corrected chi connectivity index (χ3v) is 4.83. The standard InChI is InChI=1S/C11H10N2O10S2/c1-5-2-8(25(20,21)22)6(3-7(5)24(17,18)19)13-10(14)4-9(12-13)23-11(15)16/h2-4,12H,1H3,(H,15,16)(H,17,18,19)(H,20,21,22). The van der Waals surface area contributed by atoms with E-state index < -0.39 is 53.3 Å². The first-order valence-corrected chi connectivity index (χ1v) is 9.01. The highest BCUT2D eigenvalue weighted by Gasteiger charge is 2.25. The molecule has 12 nitrogen and oxygen atoms in total. The van der Waals surface area contributed by atoms with Gasteiger partial charge >= 0.3 is 6.16 Å². The Balaban J connectivity index is 2.86. The molecule has 0 spiro atoms. The molecule has 0 radical (unpaired) electrons. The summed E-state index contributed by atoms with van der Waals surface area (Å²) < 4.78 is 68.9. The normalized spacial score (nSPS) is 12.1. The van der Waals surface area contributed by atoms with Gasteiger partial charge in [-0.15, -0.1) is 0 Å². The molecule has 0 amide bonds. The highest BCUT2D eigenvalue weighted by molar-refractivity contribution is 7.86. The molecule has 0 aliphatic heterocycles. The Bertz CT molecular complexity index is 1120. The fourth-order valence-corrected chi connectivity index (χ4v) is 3.48. The van der Waals surface area contributed by atoms with E-state index in [4.69, 9.17) is 5.11 Å². The fraction of sp³-hybridized carbons (Fsp3) is 0.0909. The van der Waals surface area contributed by atoms with Gasteiger partial charge in [0.05, 0.1) is 16.6 Å². The van der Waals surface area contributed by atoms with Crippen LogP contribution in [0.5, 0.6) is 5.88 Å². The number of rotatable bonds is 4. The summed E-state index contributed by atoms with van der Waals surface area (Å²) in [5, 5.41) is 10.6. The summed E-state index contributed by atoms with van der Waals surface area (Å²) in [6.45, 7) is 1.15. The van der Waals surface area contributed by atoms with Gasteiger partial charge in [0.15, 0.2) is 0 Å². The molecule has 25 heavy (non-hydrogen) atoms. The average molecular weight is 394 g/mol. The minimum atomic E-state index is -4.91. The molecule has 0 aliphatic carbocycles. The Kier molecular flexibility index (Phi) is 4.47. The van der Waals surface area contributed by atoms with Crippen LogP contribution in [-0.4, -0.2) is 47.0 Å². The minimum Gasteiger partial charge on any atom is -0.449 e. The van der Waals surface area contributed by atoms with Gasteiger partial charge < -0.3 is 9.84 Å². The zero-order chi connectivity index (χ0) is 19.2. The maximum Gasteiger partial charge on any atom is 0.512 e. The summed E-state index contributed by atoms with van der Waals surface area (Å²) in [7, 11) is -9.69. The Morgan fingerprint density at radius 1 is 1.08 bits per heavy atom. The van der Waals surface area contributed by atoms with Gasteiger partial charge in [-0.2, -0.15) is 16.8 Å². The Morgan fingerprint density at radius 3 is 2.12 bits per heavy atom. The second kappa shape index (κ2) is 5.99. The van der Waals surface area contributed by atoms with E-state index in [1.54, 1.807) is 0 Å². The first-order chi connectivity index (χ1) is 11.3. The number of carbonyl (C=O) groups is 1. The summed E-state index contributed by atoms with van der Waals surface area (Å²) in [5.74, 6) is -0.590. The van der Waals surface area contributed by atoms with Gasteiger partial charge in [0.2, 0.25) is 5.88 Å². The van der Waals surface area contributed by atoms with Gasteiger partial charge in [-0.05, 0) is 24.6 Å². The molecular weight excluding hydrogens is 384 g/mol. The SMILES string of the molecule is Cc1cc(S(=O)(=O)O)c(-n2[nH]c(OC(=O)O)cc2=O)cc1S(=O)(=O)O. The van der Waals surface area contributed by atoms with Crippen molar-refractivity contribution in [3.8, 4) is 11.6 Å². The smallest absolute Gasteiger partial charge is 0.449 e. The molecule has 14 heteroatoms. The lowest BCUT2D eigenvalue weighted by Crippen LogP contribution is -2.18. The number of carboxylic acid groups (broad SMARTS) is 1. The van der Waals surface area contributed by atoms with E-state index in [9.17, 15) is 35.5 Å². The molecular formula is C11H10N2O10S2. The maximum absolute atomic E-state index is 11.9. The van der Waals surface area contributed by atoms with Gasteiger partial charge in [-0.3, -0.25) is 19.0 Å². The molecule has 1 aromatic carbocycles. The molecule has 0 atom stereocenters. The molecule has 2 rings (SSSR count). The highest BCUT2D eigenvalue weighted by atomic mass is 32.2. The third kappa shape index (κ3) is 3.87. The zero-order valence-electron chi connectivity index (χ0n) is 12.2. The molecule has 136 valence electrons. The average Bonchev–Trinajstić information content (AvgIpc) is 2.75. The maximum atomic E-state index is 11.9. The van der Waals surface area contributed by atoms with Crippen LogP contribution < -0.4 is 10.3 Å². The van der Waals surface area contributed by atoms with Gasteiger partial charge in [-0.1, -0.05) is 0 Å². The molecule has 2 aromatic rings. The number of aromatic nitrogens is 2. The lowest BCUT2D eigenvalue weighted by Gasteiger charge is -2.11. The van der Waals surface area contributed by atoms with Crippen LogP contribution >= 0.6 is 0 Å². The van der Waals surface area contributed by atoms with Crippen LogP contribution in [0, 0.1) is 6.92 Å². The van der Waals surface area contributed by atoms with Crippen molar-refractivity contribution in [2.45, 2.75) is 16.7 Å². The second-order valence-corrected chi connectivity index (χ2v) is 7.48. The Labute approximate surface area is 139 Å². The number of benzene rings is 1. The summed E-state index contributed by atoms with van der Waals surface area (Å²) in [4.78, 5) is 20.8. The van der Waals surface area contributed by atoms with E-state index in [-0.39, 0.29) is 5.56 Å². The van der Waals surface area contributed by atoms with Crippen LogP contribution in [0.4, 0.5) is 4.79 Å². The fourth-order valence-electron chi connectivity index (χ4n) is 2.01. The predicted molar refractivity (Wildman–Crippen MR) is 79.4 cm³/mol. The van der Waals surface area contributed by atoms with Gasteiger partial charge in [0.1, 0.15) is 4.90 Å². The van der Waals surface area contributed by atoms with Crippen molar-refractivity contribution in [1.82, 2.24) is 9.78 Å². The van der Waals surface area contributed by atoms with Crippen molar-refractivity contribution in [3.63, 3.8) is 0 Å². The van der Waals surface area contributed by atoms with E-state index >= 15 is 0 Å². The third-order valence-electron chi connectivity index (χ3n) is 2.95. The monoisotopic (exact) mass is 394 g/mol. The quantitative estimate of drug-likeness (QED) is 0.406. The molecule has 0 saturated heterocycles. The van der Waals surface area contributed by atoms with Gasteiger partial charge in [0, 0.05) is 0 Å². The molecule has 0 bridgehead atoms. The first kappa shape index (κ1) is 18.7. The second-order valence-electron chi connectivity index (χ2n) is 4.70. The molecule has 0 aliphatic rings. The lowest BCUT2D eigenvalue weighted by atomic mass is 10.2. The van der Waals surface area contributed by atoms with Crippen LogP contribution in [0.1, 0.15) is 5.56 Å². The van der Waals surface area contributed by atoms with Crippen molar-refractivity contribution >= 4 is 26.4 Å². The van der Waals surface area contributed by atoms with Crippen molar-refractivity contribution in [1.29, 1.82) is 0 Å². The first-order valence-electron chi connectivity index (χ1n) is 6.13. The molecule has 0 saturated carbocycles. The summed E-state index contributed by atoms with van der Waals surface area (Å²) in [6.07, 6.45) is -1.77. The number of nitrogens with one attached hydrogen (secondary N) is 1. The van der Waals surface area contributed by atoms with Gasteiger partial charge in [0.25, 0.3) is 25.8 Å². The van der Waals surface area contributed by atoms with E-state index in [0.717, 1.165) is 13.0 Å². The minimum absolute atomic E-state index is 0.222. The number of aryl methyl sites for hydroxylation is 1. The van der Waals surface area contributed by atoms with E-state index in [0.29, 0.717) is 16.8 Å². The number of hydrogen-bond donors (Lipinski definition) is 4. The topological polar surface area (TPSA) is 193 Å². The van der Waals surface area contributed by atoms with Gasteiger partial charge in [-0.25, -0.2) is 9.48 Å². The predicted octanol–water partition coefficient (Wildman–Crippen LogP) is 0.0242. The van der Waals surface area contributed by atoms with Crippen molar-refractivity contribution in [2.75, 3.05) is 0 Å². The van der Waals surface area contributed by atoms with Crippen molar-refractivity contribution in [2.24, 2.45) is 0 Å². The summed E-state index contributed by atoms with van der Waals surface area (Å²) in [6, 6.07) is 1.99. The number of aromatic amines is 1. The largest absolute Gasteiger partial charge is 0.512 e. The van der Waals surface area contributed by atoms with Crippen LogP contribution in [0.2, 0.25) is 0 Å². The van der Waals surface area contributed by atoms with Crippen LogP contribution in [0.25, 0.3) is 5.69 Å². The molecule has 1 aromatic heterocycles.